The summed E-state index contributed by atoms with van der Waals surface area (Å²) in [7, 11) is 0. The molecule has 0 saturated heterocycles. The highest BCUT2D eigenvalue weighted by Crippen LogP contribution is 2.04. The molecule has 0 bridgehead atoms. The summed E-state index contributed by atoms with van der Waals surface area (Å²) in [6.07, 6.45) is 5.01. The van der Waals surface area contributed by atoms with Crippen molar-refractivity contribution in [3.8, 4) is 0 Å². The van der Waals surface area contributed by atoms with Gasteiger partial charge < -0.3 is 5.73 Å². The van der Waals surface area contributed by atoms with Crippen molar-refractivity contribution in [2.45, 2.75) is 39.2 Å². The van der Waals surface area contributed by atoms with Crippen LogP contribution in [0.5, 0.6) is 0 Å². The van der Waals surface area contributed by atoms with E-state index in [0.29, 0.717) is 0 Å². The summed E-state index contributed by atoms with van der Waals surface area (Å²) in [6, 6.07) is 4.51. The van der Waals surface area contributed by atoms with Gasteiger partial charge in [0.05, 0.1) is 0 Å². The largest absolute Gasteiger partial charge is 0.328 e. The van der Waals surface area contributed by atoms with Crippen LogP contribution in [0.3, 0.4) is 0 Å². The molecule has 1 atom stereocenters. The van der Waals surface area contributed by atoms with Gasteiger partial charge in [-0.15, -0.1) is 0 Å². The molecule has 1 heterocycles. The van der Waals surface area contributed by atoms with Crippen LogP contribution in [0, 0.1) is 0 Å². The van der Waals surface area contributed by atoms with E-state index in [-0.39, 0.29) is 6.04 Å². The molecular weight excluding hydrogens is 160 g/mol. The summed E-state index contributed by atoms with van der Waals surface area (Å²) >= 11 is 0. The van der Waals surface area contributed by atoms with Gasteiger partial charge in [-0.25, -0.2) is 0 Å². The molecular formula is C11H18N2. The van der Waals surface area contributed by atoms with Crippen LogP contribution in [0.25, 0.3) is 0 Å². The SMILES string of the molecule is CCc1ccc(CC[C@H](C)N)nc1. The van der Waals surface area contributed by atoms with Gasteiger partial charge in [-0.3, -0.25) is 4.98 Å². The van der Waals surface area contributed by atoms with Gasteiger partial charge in [0.25, 0.3) is 0 Å². The standard InChI is InChI=1S/C11H18N2/c1-3-10-5-7-11(13-8-10)6-4-9(2)12/h5,7-9H,3-4,6,12H2,1-2H3/t9-/m0/s1. The first-order valence-electron chi connectivity index (χ1n) is 4.91. The maximum absolute atomic E-state index is 5.67. The number of pyridine rings is 1. The average Bonchev–Trinajstić information content (AvgIpc) is 2.15. The predicted molar refractivity (Wildman–Crippen MR) is 55.6 cm³/mol. The first-order chi connectivity index (χ1) is 6.22. The second-order valence-electron chi connectivity index (χ2n) is 3.53. The molecule has 0 aliphatic heterocycles. The Morgan fingerprint density at radius 3 is 2.69 bits per heavy atom. The Hall–Kier alpha value is -0.890. The highest BCUT2D eigenvalue weighted by Gasteiger charge is 1.97. The highest BCUT2D eigenvalue weighted by atomic mass is 14.7. The summed E-state index contributed by atoms with van der Waals surface area (Å²) in [5, 5.41) is 0. The van der Waals surface area contributed by atoms with Crippen LogP contribution in [0.1, 0.15) is 31.5 Å². The van der Waals surface area contributed by atoms with Gasteiger partial charge in [0, 0.05) is 17.9 Å². The fourth-order valence-electron chi connectivity index (χ4n) is 1.19. The molecule has 13 heavy (non-hydrogen) atoms. The number of aryl methyl sites for hydroxylation is 2. The second kappa shape index (κ2) is 4.97. The number of nitrogens with two attached hydrogens (primary N) is 1. The number of hydrogen-bond donors (Lipinski definition) is 1. The summed E-state index contributed by atoms with van der Waals surface area (Å²) < 4.78 is 0. The predicted octanol–water partition coefficient (Wildman–Crippen LogP) is 1.92. The van der Waals surface area contributed by atoms with Crippen molar-refractivity contribution in [3.05, 3.63) is 29.6 Å². The third-order valence-corrected chi connectivity index (χ3v) is 2.15. The van der Waals surface area contributed by atoms with E-state index in [0.717, 1.165) is 25.0 Å². The summed E-state index contributed by atoms with van der Waals surface area (Å²) in [6.45, 7) is 4.17. The molecule has 0 aliphatic rings. The van der Waals surface area contributed by atoms with Crippen LogP contribution in [0.4, 0.5) is 0 Å². The van der Waals surface area contributed by atoms with Crippen LogP contribution >= 0.6 is 0 Å². The van der Waals surface area contributed by atoms with E-state index in [1.807, 2.05) is 13.1 Å². The van der Waals surface area contributed by atoms with E-state index in [4.69, 9.17) is 5.73 Å². The molecule has 0 unspecified atom stereocenters. The smallest absolute Gasteiger partial charge is 0.0404 e. The second-order valence-corrected chi connectivity index (χ2v) is 3.53. The van der Waals surface area contributed by atoms with E-state index in [1.165, 1.54) is 5.56 Å². The molecule has 2 N–H and O–H groups in total. The monoisotopic (exact) mass is 178 g/mol. The van der Waals surface area contributed by atoms with Crippen molar-refractivity contribution < 1.29 is 0 Å². The van der Waals surface area contributed by atoms with Gasteiger partial charge in [-0.2, -0.15) is 0 Å². The first kappa shape index (κ1) is 10.2. The van der Waals surface area contributed by atoms with E-state index in [2.05, 4.69) is 24.0 Å². The minimum Gasteiger partial charge on any atom is -0.328 e. The fraction of sp³-hybridized carbons (Fsp3) is 0.545. The van der Waals surface area contributed by atoms with Crippen LogP contribution in [-0.2, 0) is 12.8 Å². The fourth-order valence-corrected chi connectivity index (χ4v) is 1.19. The molecule has 2 nitrogen and oxygen atoms in total. The topological polar surface area (TPSA) is 38.9 Å². The number of aromatic nitrogens is 1. The minimum absolute atomic E-state index is 0.271. The molecule has 1 aromatic heterocycles. The van der Waals surface area contributed by atoms with Crippen LogP contribution < -0.4 is 5.73 Å². The van der Waals surface area contributed by atoms with Crippen LogP contribution in [0.2, 0.25) is 0 Å². The molecule has 0 saturated carbocycles. The molecule has 72 valence electrons. The molecule has 0 radical (unpaired) electrons. The van der Waals surface area contributed by atoms with E-state index >= 15 is 0 Å². The lowest BCUT2D eigenvalue weighted by molar-refractivity contribution is 0.658. The Kier molecular flexibility index (Phi) is 3.90. The van der Waals surface area contributed by atoms with Crippen molar-refractivity contribution in [3.63, 3.8) is 0 Å². The first-order valence-corrected chi connectivity index (χ1v) is 4.91. The third kappa shape index (κ3) is 3.55. The quantitative estimate of drug-likeness (QED) is 0.765. The molecule has 1 rings (SSSR count). The lowest BCUT2D eigenvalue weighted by Gasteiger charge is -2.04. The average molecular weight is 178 g/mol. The van der Waals surface area contributed by atoms with Crippen molar-refractivity contribution in [1.82, 2.24) is 4.98 Å². The zero-order valence-corrected chi connectivity index (χ0v) is 8.46. The van der Waals surface area contributed by atoms with E-state index < -0.39 is 0 Å². The molecule has 0 amide bonds. The van der Waals surface area contributed by atoms with Gasteiger partial charge in [-0.05, 0) is 37.8 Å². The van der Waals surface area contributed by atoms with Gasteiger partial charge in [0.2, 0.25) is 0 Å². The van der Waals surface area contributed by atoms with Gasteiger partial charge >= 0.3 is 0 Å². The Bertz CT molecular complexity index is 239. The Balaban J connectivity index is 2.49. The number of hydrogen-bond acceptors (Lipinski definition) is 2. The molecule has 0 aromatic carbocycles. The van der Waals surface area contributed by atoms with Crippen molar-refractivity contribution in [2.75, 3.05) is 0 Å². The van der Waals surface area contributed by atoms with Gasteiger partial charge in [-0.1, -0.05) is 13.0 Å². The van der Waals surface area contributed by atoms with Crippen LogP contribution in [0.15, 0.2) is 18.3 Å². The lowest BCUT2D eigenvalue weighted by Crippen LogP contribution is -2.15. The van der Waals surface area contributed by atoms with Crippen molar-refractivity contribution >= 4 is 0 Å². The zero-order valence-electron chi connectivity index (χ0n) is 8.46. The van der Waals surface area contributed by atoms with Crippen LogP contribution in [-0.4, -0.2) is 11.0 Å². The normalized spacial score (nSPS) is 12.8. The van der Waals surface area contributed by atoms with E-state index in [9.17, 15) is 0 Å². The molecule has 0 aliphatic carbocycles. The summed E-state index contributed by atoms with van der Waals surface area (Å²) in [5.74, 6) is 0. The molecule has 0 fully saturated rings. The van der Waals surface area contributed by atoms with Gasteiger partial charge in [0.15, 0.2) is 0 Å². The minimum atomic E-state index is 0.271. The van der Waals surface area contributed by atoms with Gasteiger partial charge in [0.1, 0.15) is 0 Å². The number of rotatable bonds is 4. The Morgan fingerprint density at radius 2 is 2.23 bits per heavy atom. The maximum Gasteiger partial charge on any atom is 0.0404 e. The van der Waals surface area contributed by atoms with Crippen molar-refractivity contribution in [1.29, 1.82) is 0 Å². The maximum atomic E-state index is 5.67. The summed E-state index contributed by atoms with van der Waals surface area (Å²) in [5.41, 5.74) is 8.11. The molecule has 2 heteroatoms. The summed E-state index contributed by atoms with van der Waals surface area (Å²) in [4.78, 5) is 4.37. The number of nitrogens with zero attached hydrogens (tertiary/aromatic N) is 1. The lowest BCUT2D eigenvalue weighted by atomic mass is 10.1. The van der Waals surface area contributed by atoms with Crippen molar-refractivity contribution in [2.24, 2.45) is 5.73 Å². The third-order valence-electron chi connectivity index (χ3n) is 2.15. The van der Waals surface area contributed by atoms with E-state index in [1.54, 1.807) is 0 Å². The zero-order chi connectivity index (χ0) is 9.68. The molecule has 1 aromatic rings. The highest BCUT2D eigenvalue weighted by molar-refractivity contribution is 5.13. The Morgan fingerprint density at radius 1 is 1.46 bits per heavy atom. The molecule has 0 spiro atoms. The Labute approximate surface area is 80.2 Å².